The summed E-state index contributed by atoms with van der Waals surface area (Å²) in [5, 5.41) is 0. The van der Waals surface area contributed by atoms with E-state index in [1.807, 2.05) is 12.1 Å². The second-order valence-corrected chi connectivity index (χ2v) is 6.70. The normalized spacial score (nSPS) is 17.0. The maximum Gasteiger partial charge on any atom is 0.261 e. The molecule has 1 fully saturated rings. The van der Waals surface area contributed by atoms with Crippen molar-refractivity contribution in [3.05, 3.63) is 29.8 Å². The number of rotatable bonds is 4. The molecule has 0 radical (unpaired) electrons. The molecule has 1 saturated heterocycles. The molecule has 1 aliphatic rings. The minimum Gasteiger partial charge on any atom is -0.475 e. The molecule has 1 aromatic rings. The number of nitrogens with zero attached hydrogens (tertiary/aromatic N) is 1. The molecular formula is C15H23NO5S. The zero-order valence-electron chi connectivity index (χ0n) is 12.9. The van der Waals surface area contributed by atoms with Gasteiger partial charge in [-0.1, -0.05) is 6.42 Å². The van der Waals surface area contributed by atoms with Crippen LogP contribution in [0.5, 0.6) is 5.75 Å². The Morgan fingerprint density at radius 1 is 1.18 bits per heavy atom. The van der Waals surface area contributed by atoms with Gasteiger partial charge in [0, 0.05) is 18.7 Å². The lowest BCUT2D eigenvalue weighted by atomic mass is 10.1. The predicted molar refractivity (Wildman–Crippen MR) is 84.8 cm³/mol. The van der Waals surface area contributed by atoms with Gasteiger partial charge in [-0.3, -0.25) is 14.2 Å². The molecule has 0 aliphatic carbocycles. The molecule has 0 spiro atoms. The third kappa shape index (κ3) is 8.11. The number of benzene rings is 1. The fraction of sp³-hybridized carbons (Fsp3) is 0.533. The Labute approximate surface area is 131 Å². The van der Waals surface area contributed by atoms with Crippen LogP contribution in [-0.4, -0.2) is 49.7 Å². The molecule has 22 heavy (non-hydrogen) atoms. The van der Waals surface area contributed by atoms with Crippen LogP contribution in [-0.2, 0) is 10.1 Å². The molecule has 1 aliphatic heterocycles. The topological polar surface area (TPSA) is 83.9 Å². The Bertz CT molecular complexity index is 542. The molecule has 2 rings (SSSR count). The van der Waals surface area contributed by atoms with Crippen LogP contribution in [0.2, 0.25) is 0 Å². The van der Waals surface area contributed by atoms with Crippen LogP contribution in [0, 0.1) is 0 Å². The molecule has 1 unspecified atom stereocenters. The summed E-state index contributed by atoms with van der Waals surface area (Å²) in [7, 11) is -3.67. The quantitative estimate of drug-likeness (QED) is 0.673. The molecule has 1 N–H and O–H groups in total. The molecule has 6 nitrogen and oxygen atoms in total. The highest BCUT2D eigenvalue weighted by molar-refractivity contribution is 7.85. The average Bonchev–Trinajstić information content (AvgIpc) is 2.47. The second-order valence-electron chi connectivity index (χ2n) is 5.23. The summed E-state index contributed by atoms with van der Waals surface area (Å²) in [6, 6.07) is 7.27. The number of carbonyl (C=O) groups is 1. The fourth-order valence-electron chi connectivity index (χ4n) is 2.18. The zero-order chi connectivity index (χ0) is 16.6. The maximum absolute atomic E-state index is 10.5. The molecular weight excluding hydrogens is 306 g/mol. The first-order chi connectivity index (χ1) is 10.3. The van der Waals surface area contributed by atoms with Crippen molar-refractivity contribution in [3.63, 3.8) is 0 Å². The van der Waals surface area contributed by atoms with Crippen molar-refractivity contribution in [3.8, 4) is 5.75 Å². The third-order valence-electron chi connectivity index (χ3n) is 3.23. The Morgan fingerprint density at radius 3 is 2.14 bits per heavy atom. The molecule has 1 aromatic carbocycles. The summed E-state index contributed by atoms with van der Waals surface area (Å²) in [5.74, 6) is 0.827. The highest BCUT2D eigenvalue weighted by Gasteiger charge is 2.17. The summed E-state index contributed by atoms with van der Waals surface area (Å²) in [5.41, 5.74) is 0.683. The van der Waals surface area contributed by atoms with Crippen molar-refractivity contribution in [2.75, 3.05) is 19.3 Å². The minimum absolute atomic E-state index is 0.109. The highest BCUT2D eigenvalue weighted by atomic mass is 32.2. The van der Waals surface area contributed by atoms with E-state index in [0.29, 0.717) is 11.8 Å². The van der Waals surface area contributed by atoms with Crippen molar-refractivity contribution in [2.45, 2.75) is 32.4 Å². The van der Waals surface area contributed by atoms with Gasteiger partial charge < -0.3 is 4.74 Å². The van der Waals surface area contributed by atoms with Crippen molar-refractivity contribution in [2.24, 2.45) is 0 Å². The van der Waals surface area contributed by atoms with E-state index in [2.05, 4.69) is 11.8 Å². The Balaban J connectivity index is 0.000000422. The zero-order valence-corrected chi connectivity index (χ0v) is 13.8. The van der Waals surface area contributed by atoms with E-state index in [1.54, 1.807) is 12.1 Å². The lowest BCUT2D eigenvalue weighted by Gasteiger charge is -2.32. The average molecular weight is 329 g/mol. The van der Waals surface area contributed by atoms with Gasteiger partial charge in [-0.25, -0.2) is 0 Å². The van der Waals surface area contributed by atoms with Gasteiger partial charge in [-0.15, -0.1) is 0 Å². The van der Waals surface area contributed by atoms with E-state index >= 15 is 0 Å². The minimum atomic E-state index is -3.67. The van der Waals surface area contributed by atoms with Gasteiger partial charge >= 0.3 is 0 Å². The lowest BCUT2D eigenvalue weighted by Crippen LogP contribution is -2.40. The van der Waals surface area contributed by atoms with Crippen LogP contribution in [0.4, 0.5) is 0 Å². The molecule has 0 aromatic heterocycles. The van der Waals surface area contributed by atoms with Crippen LogP contribution < -0.4 is 4.74 Å². The number of piperidine rings is 1. The van der Waals surface area contributed by atoms with Crippen LogP contribution in [0.3, 0.4) is 0 Å². The second kappa shape index (κ2) is 8.87. The first-order valence-electron chi connectivity index (χ1n) is 7.18. The van der Waals surface area contributed by atoms with Crippen LogP contribution in [0.25, 0.3) is 0 Å². The Morgan fingerprint density at radius 2 is 1.68 bits per heavy atom. The van der Waals surface area contributed by atoms with Crippen molar-refractivity contribution < 1.29 is 22.5 Å². The van der Waals surface area contributed by atoms with Gasteiger partial charge in [-0.2, -0.15) is 8.42 Å². The summed E-state index contributed by atoms with van der Waals surface area (Å²) < 4.78 is 31.7. The number of carbonyl (C=O) groups excluding carboxylic acids is 1. The Kier molecular flexibility index (Phi) is 7.50. The molecule has 1 atom stereocenters. The van der Waals surface area contributed by atoms with Crippen molar-refractivity contribution in [1.29, 1.82) is 0 Å². The first kappa shape index (κ1) is 18.6. The van der Waals surface area contributed by atoms with Gasteiger partial charge in [0.25, 0.3) is 10.1 Å². The number of hydrogen-bond donors (Lipinski definition) is 1. The van der Waals surface area contributed by atoms with E-state index in [9.17, 15) is 13.2 Å². The molecule has 1 heterocycles. The van der Waals surface area contributed by atoms with E-state index in [1.165, 1.54) is 19.3 Å². The largest absolute Gasteiger partial charge is 0.475 e. The monoisotopic (exact) mass is 329 g/mol. The summed E-state index contributed by atoms with van der Waals surface area (Å²) in [6.45, 7) is 4.32. The van der Waals surface area contributed by atoms with Gasteiger partial charge in [0.1, 0.15) is 18.3 Å². The fourth-order valence-corrected chi connectivity index (χ4v) is 2.18. The molecule has 0 bridgehead atoms. The number of ether oxygens (including phenoxy) is 1. The van der Waals surface area contributed by atoms with Crippen LogP contribution in [0.1, 0.15) is 36.5 Å². The number of aldehydes is 1. The molecule has 7 heteroatoms. The van der Waals surface area contributed by atoms with Crippen molar-refractivity contribution in [1.82, 2.24) is 4.90 Å². The predicted octanol–water partition coefficient (Wildman–Crippen LogP) is 2.21. The van der Waals surface area contributed by atoms with Gasteiger partial charge in [0.15, 0.2) is 0 Å². The highest BCUT2D eigenvalue weighted by Crippen LogP contribution is 2.17. The van der Waals surface area contributed by atoms with E-state index in [-0.39, 0.29) is 6.23 Å². The van der Waals surface area contributed by atoms with Crippen molar-refractivity contribution >= 4 is 16.4 Å². The smallest absolute Gasteiger partial charge is 0.261 e. The van der Waals surface area contributed by atoms with Gasteiger partial charge in [-0.05, 0) is 44.0 Å². The maximum atomic E-state index is 10.5. The number of likely N-dealkylation sites (tertiary alicyclic amines) is 1. The summed E-state index contributed by atoms with van der Waals surface area (Å²) >= 11 is 0. The van der Waals surface area contributed by atoms with E-state index in [4.69, 9.17) is 9.29 Å². The van der Waals surface area contributed by atoms with Gasteiger partial charge in [0.05, 0.1) is 6.26 Å². The summed E-state index contributed by atoms with van der Waals surface area (Å²) in [6.07, 6.45) is 5.52. The van der Waals surface area contributed by atoms with Crippen LogP contribution in [0.15, 0.2) is 24.3 Å². The van der Waals surface area contributed by atoms with E-state index < -0.39 is 10.1 Å². The lowest BCUT2D eigenvalue weighted by molar-refractivity contribution is 0.0262. The molecule has 124 valence electrons. The first-order valence-corrected chi connectivity index (χ1v) is 9.03. The number of hydrogen-bond acceptors (Lipinski definition) is 5. The van der Waals surface area contributed by atoms with Crippen LogP contribution >= 0.6 is 0 Å². The Hall–Kier alpha value is -1.44. The molecule has 0 saturated carbocycles. The third-order valence-corrected chi connectivity index (χ3v) is 3.23. The summed E-state index contributed by atoms with van der Waals surface area (Å²) in [4.78, 5) is 12.9. The SMILES string of the molecule is CC(Oc1ccc(C=O)cc1)N1CCCCC1.CS(=O)(=O)O. The van der Waals surface area contributed by atoms with Gasteiger partial charge in [0.2, 0.25) is 0 Å². The molecule has 0 amide bonds. The standard InChI is InChI=1S/C14H19NO2.CH4O3S/c1-12(15-9-3-2-4-10-15)17-14-7-5-13(11-16)6-8-14;1-5(2,3)4/h5-8,11-12H,2-4,9-10H2,1H3;1H3,(H,2,3,4). The van der Waals surface area contributed by atoms with E-state index in [0.717, 1.165) is 25.1 Å².